The molecule has 0 atom stereocenters. The van der Waals surface area contributed by atoms with Crippen LogP contribution < -0.4 is 9.47 Å². The summed E-state index contributed by atoms with van der Waals surface area (Å²) in [5.74, 6) is 0.0667. The predicted octanol–water partition coefficient (Wildman–Crippen LogP) is 5.25. The van der Waals surface area contributed by atoms with Crippen LogP contribution in [-0.4, -0.2) is 30.2 Å². The van der Waals surface area contributed by atoms with Crippen LogP contribution in [0.15, 0.2) is 35.4 Å². The zero-order valence-corrected chi connectivity index (χ0v) is 16.8. The standard InChI is InChI=1S/C21H18Cl2O5/c1-27-15-7-5-11(17(22)20(15)25)9-13-3-4-14(19(13)24)10-12-6-8-16(28-2)21(26)18(12)23/h5-10,25-26H,3-4H2,1-2H3/b13-9+,14-10+. The summed E-state index contributed by atoms with van der Waals surface area (Å²) in [6.07, 6.45) is 4.40. The third-order valence-corrected chi connectivity index (χ3v) is 5.36. The van der Waals surface area contributed by atoms with E-state index in [1.54, 1.807) is 36.4 Å². The maximum Gasteiger partial charge on any atom is 0.185 e. The Morgan fingerprint density at radius 3 is 1.57 bits per heavy atom. The summed E-state index contributed by atoms with van der Waals surface area (Å²) < 4.78 is 10.0. The Bertz CT molecular complexity index is 929. The second-order valence-electron chi connectivity index (χ2n) is 6.21. The van der Waals surface area contributed by atoms with E-state index in [2.05, 4.69) is 0 Å². The highest BCUT2D eigenvalue weighted by Crippen LogP contribution is 2.40. The zero-order chi connectivity index (χ0) is 20.4. The molecule has 5 nitrogen and oxygen atoms in total. The van der Waals surface area contributed by atoms with E-state index < -0.39 is 0 Å². The van der Waals surface area contributed by atoms with Gasteiger partial charge in [0.2, 0.25) is 0 Å². The number of benzene rings is 2. The highest BCUT2D eigenvalue weighted by atomic mass is 35.5. The lowest BCUT2D eigenvalue weighted by Gasteiger charge is -2.08. The number of phenolic OH excluding ortho intramolecular Hbond substituents is 2. The first-order valence-electron chi connectivity index (χ1n) is 8.44. The van der Waals surface area contributed by atoms with Crippen molar-refractivity contribution in [2.75, 3.05) is 14.2 Å². The minimum absolute atomic E-state index is 0.125. The highest BCUT2D eigenvalue weighted by Gasteiger charge is 2.24. The Morgan fingerprint density at radius 2 is 1.21 bits per heavy atom. The van der Waals surface area contributed by atoms with Gasteiger partial charge in [0.25, 0.3) is 0 Å². The van der Waals surface area contributed by atoms with Gasteiger partial charge in [0, 0.05) is 11.1 Å². The molecule has 2 aromatic carbocycles. The van der Waals surface area contributed by atoms with E-state index in [0.717, 1.165) is 0 Å². The van der Waals surface area contributed by atoms with Crippen molar-refractivity contribution in [3.05, 3.63) is 56.6 Å². The van der Waals surface area contributed by atoms with Gasteiger partial charge in [-0.1, -0.05) is 23.2 Å². The molecule has 1 fully saturated rings. The third kappa shape index (κ3) is 3.68. The van der Waals surface area contributed by atoms with Gasteiger partial charge in [0.15, 0.2) is 28.8 Å². The number of phenols is 2. The van der Waals surface area contributed by atoms with Crippen LogP contribution in [0.5, 0.6) is 23.0 Å². The van der Waals surface area contributed by atoms with Crippen molar-refractivity contribution in [2.24, 2.45) is 0 Å². The number of carbonyl (C=O) groups excluding carboxylic acids is 1. The molecule has 1 aliphatic carbocycles. The van der Waals surface area contributed by atoms with E-state index in [4.69, 9.17) is 32.7 Å². The number of methoxy groups -OCH3 is 2. The Balaban J connectivity index is 1.92. The van der Waals surface area contributed by atoms with Gasteiger partial charge in [0.05, 0.1) is 24.3 Å². The molecular weight excluding hydrogens is 403 g/mol. The topological polar surface area (TPSA) is 76.0 Å². The minimum Gasteiger partial charge on any atom is -0.503 e. The normalized spacial score (nSPS) is 16.8. The predicted molar refractivity (Wildman–Crippen MR) is 110 cm³/mol. The monoisotopic (exact) mass is 420 g/mol. The molecule has 0 saturated heterocycles. The summed E-state index contributed by atoms with van der Waals surface area (Å²) in [4.78, 5) is 12.8. The molecule has 0 unspecified atom stereocenters. The first kappa shape index (κ1) is 20.1. The lowest BCUT2D eigenvalue weighted by Crippen LogP contribution is -1.96. The fourth-order valence-electron chi connectivity index (χ4n) is 3.03. The molecule has 0 amide bonds. The number of rotatable bonds is 4. The van der Waals surface area contributed by atoms with Crippen LogP contribution in [0.2, 0.25) is 10.0 Å². The van der Waals surface area contributed by atoms with Gasteiger partial charge in [-0.05, 0) is 60.4 Å². The molecule has 0 spiro atoms. The molecule has 0 aromatic heterocycles. The number of carbonyl (C=O) groups is 1. The zero-order valence-electron chi connectivity index (χ0n) is 15.3. The van der Waals surface area contributed by atoms with Crippen molar-refractivity contribution in [1.82, 2.24) is 0 Å². The van der Waals surface area contributed by atoms with Crippen LogP contribution in [-0.2, 0) is 4.79 Å². The van der Waals surface area contributed by atoms with Crippen LogP contribution in [0.3, 0.4) is 0 Å². The summed E-state index contributed by atoms with van der Waals surface area (Å²) in [6.45, 7) is 0. The van der Waals surface area contributed by atoms with Gasteiger partial charge >= 0.3 is 0 Å². The molecule has 3 rings (SSSR count). The van der Waals surface area contributed by atoms with Crippen molar-refractivity contribution in [1.29, 1.82) is 0 Å². The Kier molecular flexibility index (Phi) is 5.87. The summed E-state index contributed by atoms with van der Waals surface area (Å²) in [5.41, 5.74) is 2.22. The first-order chi connectivity index (χ1) is 13.4. The lowest BCUT2D eigenvalue weighted by molar-refractivity contribution is -0.111. The van der Waals surface area contributed by atoms with Gasteiger partial charge in [-0.25, -0.2) is 0 Å². The van der Waals surface area contributed by atoms with Crippen LogP contribution in [0.1, 0.15) is 24.0 Å². The molecule has 2 N–H and O–H groups in total. The van der Waals surface area contributed by atoms with E-state index in [1.807, 2.05) is 0 Å². The minimum atomic E-state index is -0.166. The SMILES string of the molecule is COc1ccc(/C=C2\CC/C(=C\c3ccc(OC)c(O)c3Cl)C2=O)c(Cl)c1O. The van der Waals surface area contributed by atoms with Crippen molar-refractivity contribution in [3.63, 3.8) is 0 Å². The molecule has 28 heavy (non-hydrogen) atoms. The van der Waals surface area contributed by atoms with Gasteiger partial charge in [-0.2, -0.15) is 0 Å². The molecule has 1 saturated carbocycles. The Hall–Kier alpha value is -2.63. The van der Waals surface area contributed by atoms with Crippen molar-refractivity contribution in [3.8, 4) is 23.0 Å². The summed E-state index contributed by atoms with van der Waals surface area (Å²) in [5, 5.41) is 20.3. The van der Waals surface area contributed by atoms with Gasteiger partial charge in [-0.15, -0.1) is 0 Å². The first-order valence-corrected chi connectivity index (χ1v) is 9.19. The molecule has 2 aromatic rings. The van der Waals surface area contributed by atoms with Gasteiger partial charge in [-0.3, -0.25) is 4.79 Å². The van der Waals surface area contributed by atoms with Crippen LogP contribution in [0.25, 0.3) is 12.2 Å². The van der Waals surface area contributed by atoms with Gasteiger partial charge < -0.3 is 19.7 Å². The smallest absolute Gasteiger partial charge is 0.185 e. The second-order valence-corrected chi connectivity index (χ2v) is 6.96. The molecule has 146 valence electrons. The van der Waals surface area contributed by atoms with Crippen molar-refractivity contribution < 1.29 is 24.5 Å². The Morgan fingerprint density at radius 1 is 0.821 bits per heavy atom. The molecular formula is C21H18Cl2O5. The molecule has 0 heterocycles. The van der Waals surface area contributed by atoms with Crippen LogP contribution >= 0.6 is 23.2 Å². The fourth-order valence-corrected chi connectivity index (χ4v) is 3.45. The molecule has 7 heteroatoms. The van der Waals surface area contributed by atoms with E-state index >= 15 is 0 Å². The number of halogens is 2. The average Bonchev–Trinajstić information content (AvgIpc) is 3.03. The molecule has 0 radical (unpaired) electrons. The molecule has 1 aliphatic rings. The number of ether oxygens (including phenoxy) is 2. The number of allylic oxidation sites excluding steroid dienone is 2. The Labute approximate surface area is 172 Å². The molecule has 0 aliphatic heterocycles. The average molecular weight is 421 g/mol. The largest absolute Gasteiger partial charge is 0.503 e. The maximum atomic E-state index is 12.8. The summed E-state index contributed by atoms with van der Waals surface area (Å²) in [6, 6.07) is 6.54. The van der Waals surface area contributed by atoms with E-state index in [-0.39, 0.29) is 38.8 Å². The van der Waals surface area contributed by atoms with E-state index in [1.165, 1.54) is 14.2 Å². The fraction of sp³-hybridized carbons (Fsp3) is 0.190. The third-order valence-electron chi connectivity index (χ3n) is 4.56. The van der Waals surface area contributed by atoms with E-state index in [0.29, 0.717) is 35.1 Å². The number of ketones is 1. The number of hydrogen-bond donors (Lipinski definition) is 2. The van der Waals surface area contributed by atoms with Crippen molar-refractivity contribution in [2.45, 2.75) is 12.8 Å². The van der Waals surface area contributed by atoms with Crippen LogP contribution in [0.4, 0.5) is 0 Å². The highest BCUT2D eigenvalue weighted by molar-refractivity contribution is 6.34. The summed E-state index contributed by atoms with van der Waals surface area (Å²) in [7, 11) is 2.87. The number of Topliss-reactive ketones (excluding diaryl/α,β-unsaturated/α-hetero) is 1. The number of hydrogen-bond acceptors (Lipinski definition) is 5. The quantitative estimate of drug-likeness (QED) is 0.660. The van der Waals surface area contributed by atoms with Crippen LogP contribution in [0, 0.1) is 0 Å². The maximum absolute atomic E-state index is 12.8. The van der Waals surface area contributed by atoms with Crippen molar-refractivity contribution >= 4 is 41.1 Å². The van der Waals surface area contributed by atoms with E-state index in [9.17, 15) is 15.0 Å². The molecule has 0 bridgehead atoms. The number of aromatic hydroxyl groups is 2. The van der Waals surface area contributed by atoms with Gasteiger partial charge in [0.1, 0.15) is 0 Å². The lowest BCUT2D eigenvalue weighted by atomic mass is 10.1. The summed E-state index contributed by atoms with van der Waals surface area (Å²) >= 11 is 12.4. The second kappa shape index (κ2) is 8.17.